The molecule has 0 saturated carbocycles. The fourth-order valence-electron chi connectivity index (χ4n) is 4.23. The number of benzene rings is 1. The van der Waals surface area contributed by atoms with E-state index in [1.54, 1.807) is 36.8 Å². The normalized spacial score (nSPS) is 11.5. The van der Waals surface area contributed by atoms with Gasteiger partial charge in [0.2, 0.25) is 0 Å². The summed E-state index contributed by atoms with van der Waals surface area (Å²) in [6.07, 6.45) is 6.43. The molecule has 0 aliphatic carbocycles. The Balaban J connectivity index is 1.48. The standard InChI is InChI=1S/C26H20F2N8/c1-2-29-10-14-8-16(12-30-11-14)18-13-32-25-20(21(18)28)24(35-36-25)26-33-19-6-7-31-22(23(19)34-26)15-4-3-5-17(27)9-15/h3-9,11-13,29H,2,10H2,1H3,(H,33,34)(H,32,35,36). The Morgan fingerprint density at radius 1 is 1.00 bits per heavy atom. The second-order valence-electron chi connectivity index (χ2n) is 8.30. The Labute approximate surface area is 203 Å². The van der Waals surface area contributed by atoms with E-state index in [2.05, 4.69) is 40.4 Å². The molecule has 0 fully saturated rings. The zero-order valence-electron chi connectivity index (χ0n) is 19.2. The lowest BCUT2D eigenvalue weighted by molar-refractivity contribution is 0.628. The van der Waals surface area contributed by atoms with Crippen molar-refractivity contribution in [1.82, 2.24) is 40.4 Å². The molecular weight excluding hydrogens is 462 g/mol. The van der Waals surface area contributed by atoms with Gasteiger partial charge in [0, 0.05) is 48.0 Å². The molecule has 5 aromatic heterocycles. The van der Waals surface area contributed by atoms with Crippen molar-refractivity contribution < 1.29 is 8.78 Å². The molecule has 0 atom stereocenters. The van der Waals surface area contributed by atoms with Gasteiger partial charge >= 0.3 is 0 Å². The quantitative estimate of drug-likeness (QED) is 0.308. The lowest BCUT2D eigenvalue weighted by Crippen LogP contribution is -2.11. The number of H-pyrrole nitrogens is 2. The molecule has 36 heavy (non-hydrogen) atoms. The van der Waals surface area contributed by atoms with Gasteiger partial charge in [0.1, 0.15) is 22.8 Å². The number of nitrogens with zero attached hydrogens (tertiary/aromatic N) is 5. The van der Waals surface area contributed by atoms with Crippen LogP contribution in [0.1, 0.15) is 12.5 Å². The van der Waals surface area contributed by atoms with Crippen LogP contribution < -0.4 is 5.32 Å². The number of rotatable bonds is 6. The first-order valence-electron chi connectivity index (χ1n) is 11.4. The molecule has 0 radical (unpaired) electrons. The summed E-state index contributed by atoms with van der Waals surface area (Å²) in [5.74, 6) is -0.476. The number of aromatic amines is 2. The maximum absolute atomic E-state index is 15.9. The predicted molar refractivity (Wildman–Crippen MR) is 133 cm³/mol. The Morgan fingerprint density at radius 2 is 1.92 bits per heavy atom. The molecule has 1 aromatic carbocycles. The van der Waals surface area contributed by atoms with E-state index in [0.717, 1.165) is 12.1 Å². The van der Waals surface area contributed by atoms with Crippen LogP contribution in [-0.4, -0.2) is 41.7 Å². The zero-order valence-corrected chi connectivity index (χ0v) is 19.2. The second kappa shape index (κ2) is 8.90. The number of hydrogen-bond donors (Lipinski definition) is 3. The molecule has 0 aliphatic heterocycles. The highest BCUT2D eigenvalue weighted by atomic mass is 19.1. The van der Waals surface area contributed by atoms with Gasteiger partial charge in [-0.05, 0) is 36.4 Å². The first-order chi connectivity index (χ1) is 17.6. The van der Waals surface area contributed by atoms with E-state index in [0.29, 0.717) is 51.5 Å². The van der Waals surface area contributed by atoms with Crippen molar-refractivity contribution in [3.05, 3.63) is 78.4 Å². The van der Waals surface area contributed by atoms with Crippen LogP contribution in [0.15, 0.2) is 61.2 Å². The molecule has 0 unspecified atom stereocenters. The molecule has 3 N–H and O–H groups in total. The van der Waals surface area contributed by atoms with Crippen molar-refractivity contribution in [3.8, 4) is 33.9 Å². The van der Waals surface area contributed by atoms with Crippen LogP contribution in [-0.2, 0) is 6.54 Å². The van der Waals surface area contributed by atoms with Crippen LogP contribution in [0.2, 0.25) is 0 Å². The molecule has 0 spiro atoms. The van der Waals surface area contributed by atoms with Crippen LogP contribution >= 0.6 is 0 Å². The van der Waals surface area contributed by atoms with E-state index in [1.807, 2.05) is 13.0 Å². The Kier molecular flexibility index (Phi) is 5.42. The van der Waals surface area contributed by atoms with Crippen LogP contribution in [0.5, 0.6) is 0 Å². The third-order valence-corrected chi connectivity index (χ3v) is 5.94. The van der Waals surface area contributed by atoms with Crippen LogP contribution in [0.3, 0.4) is 0 Å². The summed E-state index contributed by atoms with van der Waals surface area (Å²) in [7, 11) is 0. The summed E-state index contributed by atoms with van der Waals surface area (Å²) in [4.78, 5) is 20.9. The molecule has 6 aromatic rings. The molecule has 0 aliphatic rings. The van der Waals surface area contributed by atoms with Crippen molar-refractivity contribution in [2.45, 2.75) is 13.5 Å². The molecular formula is C26H20F2N8. The highest BCUT2D eigenvalue weighted by molar-refractivity contribution is 5.96. The van der Waals surface area contributed by atoms with Crippen LogP contribution in [0.4, 0.5) is 8.78 Å². The summed E-state index contributed by atoms with van der Waals surface area (Å²) < 4.78 is 29.8. The summed E-state index contributed by atoms with van der Waals surface area (Å²) in [5, 5.41) is 10.5. The number of hydrogen-bond acceptors (Lipinski definition) is 6. The minimum absolute atomic E-state index is 0.212. The van der Waals surface area contributed by atoms with E-state index in [1.165, 1.54) is 18.3 Å². The van der Waals surface area contributed by atoms with Crippen LogP contribution in [0, 0.1) is 11.6 Å². The molecule has 8 nitrogen and oxygen atoms in total. The highest BCUT2D eigenvalue weighted by Crippen LogP contribution is 2.34. The topological polar surface area (TPSA) is 108 Å². The molecule has 178 valence electrons. The number of imidazole rings is 1. The van der Waals surface area contributed by atoms with E-state index in [9.17, 15) is 4.39 Å². The van der Waals surface area contributed by atoms with Gasteiger partial charge in [-0.25, -0.2) is 18.7 Å². The van der Waals surface area contributed by atoms with Gasteiger partial charge in [0.15, 0.2) is 11.5 Å². The van der Waals surface area contributed by atoms with Gasteiger partial charge < -0.3 is 10.3 Å². The molecule has 0 bridgehead atoms. The average Bonchev–Trinajstić information content (AvgIpc) is 3.52. The molecule has 10 heteroatoms. The highest BCUT2D eigenvalue weighted by Gasteiger charge is 2.21. The minimum atomic E-state index is -0.477. The lowest BCUT2D eigenvalue weighted by Gasteiger charge is -2.07. The average molecular weight is 482 g/mol. The molecule has 0 amide bonds. The van der Waals surface area contributed by atoms with Crippen LogP contribution in [0.25, 0.3) is 56.0 Å². The van der Waals surface area contributed by atoms with Gasteiger partial charge in [0.05, 0.1) is 16.6 Å². The van der Waals surface area contributed by atoms with Gasteiger partial charge in [-0.1, -0.05) is 19.1 Å². The number of pyridine rings is 3. The molecule has 6 rings (SSSR count). The van der Waals surface area contributed by atoms with Crippen molar-refractivity contribution in [2.24, 2.45) is 0 Å². The zero-order chi connectivity index (χ0) is 24.6. The van der Waals surface area contributed by atoms with E-state index >= 15 is 4.39 Å². The van der Waals surface area contributed by atoms with Gasteiger partial charge in [0.25, 0.3) is 0 Å². The van der Waals surface area contributed by atoms with Gasteiger partial charge in [-0.2, -0.15) is 5.10 Å². The Bertz CT molecular complexity index is 1720. The summed E-state index contributed by atoms with van der Waals surface area (Å²) >= 11 is 0. The summed E-state index contributed by atoms with van der Waals surface area (Å²) in [5.41, 5.74) is 4.77. The van der Waals surface area contributed by atoms with E-state index in [-0.39, 0.29) is 16.9 Å². The smallest absolute Gasteiger partial charge is 0.184 e. The van der Waals surface area contributed by atoms with Crippen molar-refractivity contribution in [3.63, 3.8) is 0 Å². The minimum Gasteiger partial charge on any atom is -0.337 e. The van der Waals surface area contributed by atoms with Crippen molar-refractivity contribution in [1.29, 1.82) is 0 Å². The van der Waals surface area contributed by atoms with E-state index < -0.39 is 5.82 Å². The SMILES string of the molecule is CCNCc1cncc(-c2cnc3n[nH]c(-c4nc5c(-c6cccc(F)c6)nccc5[nH]4)c3c2F)c1. The number of aromatic nitrogens is 7. The molecule has 5 heterocycles. The van der Waals surface area contributed by atoms with Gasteiger partial charge in [-0.15, -0.1) is 0 Å². The lowest BCUT2D eigenvalue weighted by atomic mass is 10.1. The summed E-state index contributed by atoms with van der Waals surface area (Å²) in [6.45, 7) is 3.47. The maximum Gasteiger partial charge on any atom is 0.184 e. The number of fused-ring (bicyclic) bond motifs is 2. The second-order valence-corrected chi connectivity index (χ2v) is 8.30. The maximum atomic E-state index is 15.9. The fourth-order valence-corrected chi connectivity index (χ4v) is 4.23. The van der Waals surface area contributed by atoms with Gasteiger partial charge in [-0.3, -0.25) is 15.1 Å². The Morgan fingerprint density at radius 3 is 2.78 bits per heavy atom. The largest absolute Gasteiger partial charge is 0.337 e. The Hall–Kier alpha value is -4.57. The third-order valence-electron chi connectivity index (χ3n) is 5.94. The first-order valence-corrected chi connectivity index (χ1v) is 11.4. The number of halogens is 2. The first kappa shape index (κ1) is 21.9. The number of nitrogens with one attached hydrogen (secondary N) is 3. The third kappa shape index (κ3) is 3.77. The van der Waals surface area contributed by atoms with Crippen molar-refractivity contribution in [2.75, 3.05) is 6.54 Å². The molecule has 0 saturated heterocycles. The predicted octanol–water partition coefficient (Wildman–Crippen LogP) is 5.01. The fraction of sp³-hybridized carbons (Fsp3) is 0.115. The van der Waals surface area contributed by atoms with Crippen molar-refractivity contribution >= 4 is 22.1 Å². The monoisotopic (exact) mass is 482 g/mol. The van der Waals surface area contributed by atoms with E-state index in [4.69, 9.17) is 0 Å². The summed E-state index contributed by atoms with van der Waals surface area (Å²) in [6, 6.07) is 9.80.